The summed E-state index contributed by atoms with van der Waals surface area (Å²) in [5, 5.41) is 0. The first-order chi connectivity index (χ1) is 6.68. The van der Waals surface area contributed by atoms with Crippen LogP contribution in [0.2, 0.25) is 0 Å². The Kier molecular flexibility index (Phi) is 1.97. The van der Waals surface area contributed by atoms with Crippen LogP contribution < -0.4 is 0 Å². The number of rotatable bonds is 1. The molecule has 2 nitrogen and oxygen atoms in total. The summed E-state index contributed by atoms with van der Waals surface area (Å²) in [6, 6.07) is 7.34. The predicted molar refractivity (Wildman–Crippen MR) is 54.6 cm³/mol. The molecule has 1 aliphatic heterocycles. The lowest BCUT2D eigenvalue weighted by Crippen LogP contribution is -1.92. The van der Waals surface area contributed by atoms with Gasteiger partial charge in [-0.05, 0) is 19.1 Å². The molecule has 0 bridgehead atoms. The van der Waals surface area contributed by atoms with Crippen molar-refractivity contribution in [3.05, 3.63) is 53.6 Å². The predicted octanol–water partition coefficient (Wildman–Crippen LogP) is 2.77. The Balaban J connectivity index is 2.54. The van der Waals surface area contributed by atoms with E-state index in [9.17, 15) is 4.79 Å². The molecule has 70 valence electrons. The van der Waals surface area contributed by atoms with E-state index in [0.717, 1.165) is 11.1 Å². The number of benzene rings is 1. The maximum atomic E-state index is 11.4. The molecule has 0 amide bonds. The fourth-order valence-corrected chi connectivity index (χ4v) is 1.42. The van der Waals surface area contributed by atoms with Crippen molar-refractivity contribution in [2.45, 2.75) is 6.92 Å². The summed E-state index contributed by atoms with van der Waals surface area (Å²) in [6.07, 6.45) is 1.77. The number of hydrogen-bond acceptors (Lipinski definition) is 2. The Morgan fingerprint density at radius 1 is 1.36 bits per heavy atom. The van der Waals surface area contributed by atoms with Crippen molar-refractivity contribution in [2.24, 2.45) is 0 Å². The average Bonchev–Trinajstić information content (AvgIpc) is 2.44. The van der Waals surface area contributed by atoms with E-state index in [1.807, 2.05) is 25.1 Å². The number of fused-ring (bicyclic) bond motifs is 1. The van der Waals surface area contributed by atoms with Crippen LogP contribution in [0.15, 0.2) is 42.5 Å². The van der Waals surface area contributed by atoms with Crippen LogP contribution in [0.25, 0.3) is 5.76 Å². The van der Waals surface area contributed by atoms with Gasteiger partial charge in [-0.3, -0.25) is 0 Å². The summed E-state index contributed by atoms with van der Waals surface area (Å²) in [5.41, 5.74) is 2.34. The summed E-state index contributed by atoms with van der Waals surface area (Å²) < 4.78 is 5.10. The molecule has 1 aromatic rings. The Morgan fingerprint density at radius 3 is 2.64 bits per heavy atom. The van der Waals surface area contributed by atoms with Crippen molar-refractivity contribution in [2.75, 3.05) is 0 Å². The van der Waals surface area contributed by atoms with E-state index in [4.69, 9.17) is 4.74 Å². The van der Waals surface area contributed by atoms with Crippen molar-refractivity contribution in [3.8, 4) is 0 Å². The zero-order chi connectivity index (χ0) is 10.1. The SMILES string of the molecule is C=C(C)/C=C1/OC(=O)c2ccccc21. The van der Waals surface area contributed by atoms with Crippen molar-refractivity contribution in [3.63, 3.8) is 0 Å². The van der Waals surface area contributed by atoms with Gasteiger partial charge in [-0.15, -0.1) is 0 Å². The topological polar surface area (TPSA) is 26.3 Å². The van der Waals surface area contributed by atoms with Gasteiger partial charge in [0.2, 0.25) is 0 Å². The van der Waals surface area contributed by atoms with Crippen LogP contribution in [0, 0.1) is 0 Å². The van der Waals surface area contributed by atoms with Crippen LogP contribution in [0.1, 0.15) is 22.8 Å². The molecule has 1 heterocycles. The molecule has 2 rings (SSSR count). The molecule has 1 aromatic carbocycles. The van der Waals surface area contributed by atoms with Gasteiger partial charge in [0.15, 0.2) is 0 Å². The third-order valence-electron chi connectivity index (χ3n) is 1.99. The molecule has 0 N–H and O–H groups in total. The minimum absolute atomic E-state index is 0.284. The standard InChI is InChI=1S/C12H10O2/c1-8(2)7-11-9-5-3-4-6-10(9)12(13)14-11/h3-7H,1H2,2H3/b11-7+. The van der Waals surface area contributed by atoms with E-state index >= 15 is 0 Å². The third kappa shape index (κ3) is 1.35. The lowest BCUT2D eigenvalue weighted by Gasteiger charge is -1.96. The first-order valence-electron chi connectivity index (χ1n) is 4.37. The number of esters is 1. The first kappa shape index (κ1) is 8.75. The minimum atomic E-state index is -0.284. The van der Waals surface area contributed by atoms with Crippen LogP contribution >= 0.6 is 0 Å². The van der Waals surface area contributed by atoms with Crippen molar-refractivity contribution in [1.82, 2.24) is 0 Å². The average molecular weight is 186 g/mol. The maximum absolute atomic E-state index is 11.4. The summed E-state index contributed by atoms with van der Waals surface area (Å²) in [7, 11) is 0. The van der Waals surface area contributed by atoms with E-state index in [1.54, 1.807) is 12.1 Å². The summed E-state index contributed by atoms with van der Waals surface area (Å²) in [6.45, 7) is 5.61. The van der Waals surface area contributed by atoms with E-state index in [1.165, 1.54) is 0 Å². The molecular formula is C12H10O2. The molecule has 0 fully saturated rings. The highest BCUT2D eigenvalue weighted by Crippen LogP contribution is 2.29. The van der Waals surface area contributed by atoms with Crippen molar-refractivity contribution >= 4 is 11.7 Å². The highest BCUT2D eigenvalue weighted by atomic mass is 16.5. The Morgan fingerprint density at radius 2 is 2.00 bits per heavy atom. The molecule has 0 unspecified atom stereocenters. The van der Waals surface area contributed by atoms with Gasteiger partial charge >= 0.3 is 5.97 Å². The number of carbonyl (C=O) groups excluding carboxylic acids is 1. The second kappa shape index (κ2) is 3.14. The maximum Gasteiger partial charge on any atom is 0.344 e. The largest absolute Gasteiger partial charge is 0.422 e. The Hall–Kier alpha value is -1.83. The van der Waals surface area contributed by atoms with Crippen molar-refractivity contribution < 1.29 is 9.53 Å². The van der Waals surface area contributed by atoms with Crippen LogP contribution in [-0.2, 0) is 4.74 Å². The Bertz CT molecular complexity index is 441. The van der Waals surface area contributed by atoms with Gasteiger partial charge in [-0.1, -0.05) is 30.4 Å². The third-order valence-corrected chi connectivity index (χ3v) is 1.99. The molecule has 0 spiro atoms. The number of ether oxygens (including phenoxy) is 1. The van der Waals surface area contributed by atoms with Crippen LogP contribution in [0.4, 0.5) is 0 Å². The van der Waals surface area contributed by atoms with E-state index in [0.29, 0.717) is 11.3 Å². The molecule has 0 aromatic heterocycles. The van der Waals surface area contributed by atoms with Crippen molar-refractivity contribution in [1.29, 1.82) is 0 Å². The van der Waals surface area contributed by atoms with Gasteiger partial charge < -0.3 is 4.74 Å². The lowest BCUT2D eigenvalue weighted by molar-refractivity contribution is 0.0716. The second-order valence-corrected chi connectivity index (χ2v) is 3.29. The van der Waals surface area contributed by atoms with Gasteiger partial charge in [-0.2, -0.15) is 0 Å². The highest BCUT2D eigenvalue weighted by molar-refractivity contribution is 6.03. The quantitative estimate of drug-likeness (QED) is 0.630. The van der Waals surface area contributed by atoms with Crippen LogP contribution in [0.3, 0.4) is 0 Å². The fourth-order valence-electron chi connectivity index (χ4n) is 1.42. The van der Waals surface area contributed by atoms with Crippen LogP contribution in [0.5, 0.6) is 0 Å². The number of cyclic esters (lactones) is 1. The molecule has 0 saturated heterocycles. The number of hydrogen-bond donors (Lipinski definition) is 0. The zero-order valence-corrected chi connectivity index (χ0v) is 7.91. The van der Waals surface area contributed by atoms with Gasteiger partial charge in [0, 0.05) is 5.56 Å². The first-order valence-corrected chi connectivity index (χ1v) is 4.37. The molecule has 14 heavy (non-hydrogen) atoms. The molecule has 0 atom stereocenters. The van der Waals surface area contributed by atoms with Gasteiger partial charge in [0.25, 0.3) is 0 Å². The smallest absolute Gasteiger partial charge is 0.344 e. The number of carbonyl (C=O) groups is 1. The summed E-state index contributed by atoms with van der Waals surface area (Å²) in [5.74, 6) is 0.311. The fraction of sp³-hybridized carbons (Fsp3) is 0.0833. The van der Waals surface area contributed by atoms with Gasteiger partial charge in [0.05, 0.1) is 5.56 Å². The number of allylic oxidation sites excluding steroid dienone is 2. The normalized spacial score (nSPS) is 16.6. The molecule has 2 heteroatoms. The molecule has 0 saturated carbocycles. The monoisotopic (exact) mass is 186 g/mol. The molecule has 1 aliphatic rings. The highest BCUT2D eigenvalue weighted by Gasteiger charge is 2.25. The molecular weight excluding hydrogens is 176 g/mol. The molecule has 0 aliphatic carbocycles. The Labute approximate surface area is 82.5 Å². The summed E-state index contributed by atoms with van der Waals surface area (Å²) in [4.78, 5) is 11.4. The second-order valence-electron chi connectivity index (χ2n) is 3.29. The molecule has 0 radical (unpaired) electrons. The summed E-state index contributed by atoms with van der Waals surface area (Å²) >= 11 is 0. The zero-order valence-electron chi connectivity index (χ0n) is 7.91. The van der Waals surface area contributed by atoms with E-state index in [2.05, 4.69) is 6.58 Å². The van der Waals surface area contributed by atoms with E-state index < -0.39 is 0 Å². The van der Waals surface area contributed by atoms with Crippen LogP contribution in [-0.4, -0.2) is 5.97 Å². The lowest BCUT2D eigenvalue weighted by atomic mass is 10.1. The van der Waals surface area contributed by atoms with Gasteiger partial charge in [0.1, 0.15) is 5.76 Å². The minimum Gasteiger partial charge on any atom is -0.422 e. The van der Waals surface area contributed by atoms with Gasteiger partial charge in [-0.25, -0.2) is 4.79 Å². The van der Waals surface area contributed by atoms with E-state index in [-0.39, 0.29) is 5.97 Å².